The minimum atomic E-state index is -1.01. The van der Waals surface area contributed by atoms with Gasteiger partial charge in [-0.05, 0) is 54.6 Å². The van der Waals surface area contributed by atoms with E-state index in [1.165, 1.54) is 24.3 Å². The van der Waals surface area contributed by atoms with Crippen molar-refractivity contribution < 1.29 is 23.6 Å². The van der Waals surface area contributed by atoms with Gasteiger partial charge in [0.05, 0.1) is 27.9 Å². The van der Waals surface area contributed by atoms with Gasteiger partial charge in [-0.1, -0.05) is 29.4 Å². The van der Waals surface area contributed by atoms with Crippen molar-refractivity contribution >= 4 is 45.4 Å². The lowest BCUT2D eigenvalue weighted by molar-refractivity contribution is 0.0696. The van der Waals surface area contributed by atoms with Crippen LogP contribution < -0.4 is 15.1 Å². The number of carbonyl (C=O) groups excluding carboxylic acids is 1. The number of benzene rings is 4. The maximum Gasteiger partial charge on any atom is 0.335 e. The number of ketones is 1. The number of carboxylic acid groups (broad SMARTS) is 1. The van der Waals surface area contributed by atoms with Crippen LogP contribution in [0.15, 0.2) is 83.4 Å². The Morgan fingerprint density at radius 2 is 1.57 bits per heavy atom. The van der Waals surface area contributed by atoms with E-state index < -0.39 is 5.97 Å². The molecule has 2 N–H and O–H groups in total. The van der Waals surface area contributed by atoms with Crippen LogP contribution in [0.2, 0.25) is 0 Å². The number of hydrogen-bond donors (Lipinski definition) is 2. The summed E-state index contributed by atoms with van der Waals surface area (Å²) in [5.74, 6) is -0.849. The van der Waals surface area contributed by atoms with Gasteiger partial charge >= 0.3 is 5.97 Å². The number of nitrogens with one attached hydrogen (secondary N) is 1. The van der Waals surface area contributed by atoms with Crippen molar-refractivity contribution in [1.29, 1.82) is 0 Å². The number of nitrogens with zero attached hydrogens (tertiary/aromatic N) is 3. The Bertz CT molecular complexity index is 1790. The van der Waals surface area contributed by atoms with Crippen LogP contribution in [0.25, 0.3) is 22.2 Å². The van der Waals surface area contributed by atoms with Crippen LogP contribution in [0.1, 0.15) is 26.3 Å². The van der Waals surface area contributed by atoms with Crippen LogP contribution in [0.3, 0.4) is 0 Å². The summed E-state index contributed by atoms with van der Waals surface area (Å²) in [6.07, 6.45) is 0. The number of aromatic nitrogens is 1. The van der Waals surface area contributed by atoms with Gasteiger partial charge in [0.2, 0.25) is 0 Å². The standard InChI is InChI=1S/C31H23FN4O4/c32-19-7-11-21(12-8-19)35-13-15-36(16-14-35)25-17-24(33-20-9-5-18(6-10-20)31(38)39)26-27-28(25)34-40-30(27)23-4-2-1-3-22(23)29(26)37/h1-12,17,33H,13-16H2,(H,38,39). The summed E-state index contributed by atoms with van der Waals surface area (Å²) in [5, 5.41) is 17.7. The molecule has 1 fully saturated rings. The lowest BCUT2D eigenvalue weighted by Gasteiger charge is -2.37. The van der Waals surface area contributed by atoms with Crippen molar-refractivity contribution in [1.82, 2.24) is 5.16 Å². The fourth-order valence-electron chi connectivity index (χ4n) is 5.59. The van der Waals surface area contributed by atoms with E-state index in [2.05, 4.69) is 20.3 Å². The topological polar surface area (TPSA) is 98.9 Å². The minimum Gasteiger partial charge on any atom is -0.478 e. The Morgan fingerprint density at radius 3 is 2.27 bits per heavy atom. The highest BCUT2D eigenvalue weighted by Gasteiger charge is 2.34. The Hall–Kier alpha value is -5.18. The van der Waals surface area contributed by atoms with Crippen LogP contribution in [-0.2, 0) is 0 Å². The average molecular weight is 535 g/mol. The second-order valence-electron chi connectivity index (χ2n) is 9.89. The lowest BCUT2D eigenvalue weighted by atomic mass is 9.86. The third kappa shape index (κ3) is 3.86. The summed E-state index contributed by atoms with van der Waals surface area (Å²) in [7, 11) is 0. The average Bonchev–Trinajstić information content (AvgIpc) is 3.42. The first-order valence-corrected chi connectivity index (χ1v) is 12.9. The van der Waals surface area contributed by atoms with Gasteiger partial charge in [-0.2, -0.15) is 0 Å². The molecule has 8 nitrogen and oxygen atoms in total. The lowest BCUT2D eigenvalue weighted by Crippen LogP contribution is -2.46. The summed E-state index contributed by atoms with van der Waals surface area (Å²) in [5.41, 5.74) is 5.56. The van der Waals surface area contributed by atoms with E-state index in [4.69, 9.17) is 4.52 Å². The second-order valence-corrected chi connectivity index (χ2v) is 9.89. The maximum atomic E-state index is 13.8. The molecule has 0 radical (unpaired) electrons. The minimum absolute atomic E-state index is 0.131. The van der Waals surface area contributed by atoms with Gasteiger partial charge in [0, 0.05) is 48.7 Å². The van der Waals surface area contributed by atoms with Crippen molar-refractivity contribution in [2.45, 2.75) is 0 Å². The predicted molar refractivity (Wildman–Crippen MR) is 150 cm³/mol. The SMILES string of the molecule is O=C(O)c1ccc(Nc2cc(N3CCN(c4ccc(F)cc4)CC3)c3noc4c3c2C(=O)c2ccccc2-4)cc1. The molecule has 7 rings (SSSR count). The van der Waals surface area contributed by atoms with Gasteiger partial charge in [-0.15, -0.1) is 0 Å². The smallest absolute Gasteiger partial charge is 0.335 e. The number of hydrogen-bond acceptors (Lipinski definition) is 7. The summed E-state index contributed by atoms with van der Waals surface area (Å²) in [4.78, 5) is 29.6. The number of anilines is 4. The first-order chi connectivity index (χ1) is 19.5. The maximum absolute atomic E-state index is 13.8. The van der Waals surface area contributed by atoms with Crippen molar-refractivity contribution in [2.24, 2.45) is 0 Å². The quantitative estimate of drug-likeness (QED) is 0.280. The zero-order valence-corrected chi connectivity index (χ0v) is 21.2. The van der Waals surface area contributed by atoms with Crippen LogP contribution in [0.5, 0.6) is 0 Å². The number of piperazine rings is 1. The third-order valence-corrected chi connectivity index (χ3v) is 7.60. The number of rotatable bonds is 5. The highest BCUT2D eigenvalue weighted by Crippen LogP contribution is 2.46. The van der Waals surface area contributed by atoms with E-state index in [9.17, 15) is 19.1 Å². The van der Waals surface area contributed by atoms with E-state index in [1.54, 1.807) is 30.3 Å². The summed E-state index contributed by atoms with van der Waals surface area (Å²) >= 11 is 0. The first-order valence-electron chi connectivity index (χ1n) is 12.9. The Balaban J connectivity index is 1.31. The van der Waals surface area contributed by atoms with Gasteiger partial charge in [0.15, 0.2) is 11.5 Å². The largest absolute Gasteiger partial charge is 0.478 e. The number of halogens is 1. The number of aromatic carboxylic acids is 1. The molecule has 0 bridgehead atoms. The zero-order chi connectivity index (χ0) is 27.4. The van der Waals surface area contributed by atoms with Gasteiger partial charge in [-0.3, -0.25) is 4.79 Å². The van der Waals surface area contributed by atoms with E-state index in [1.807, 2.05) is 24.3 Å². The molecule has 2 aliphatic rings. The molecule has 198 valence electrons. The van der Waals surface area contributed by atoms with Crippen molar-refractivity contribution in [3.8, 4) is 11.3 Å². The summed E-state index contributed by atoms with van der Waals surface area (Å²) < 4.78 is 19.3. The van der Waals surface area contributed by atoms with Gasteiger partial charge < -0.3 is 24.7 Å². The van der Waals surface area contributed by atoms with E-state index >= 15 is 0 Å². The molecular weight excluding hydrogens is 511 g/mol. The van der Waals surface area contributed by atoms with Gasteiger partial charge in [-0.25, -0.2) is 9.18 Å². The molecule has 2 heterocycles. The van der Waals surface area contributed by atoms with Crippen molar-refractivity contribution in [3.05, 3.63) is 101 Å². The second kappa shape index (κ2) is 9.23. The molecule has 5 aromatic rings. The van der Waals surface area contributed by atoms with E-state index in [0.29, 0.717) is 57.8 Å². The predicted octanol–water partition coefficient (Wildman–Crippen LogP) is 5.95. The molecule has 0 amide bonds. The van der Waals surface area contributed by atoms with Crippen molar-refractivity contribution in [2.75, 3.05) is 41.3 Å². The molecule has 0 atom stereocenters. The molecular formula is C31H23FN4O4. The first kappa shape index (κ1) is 23.9. The van der Waals surface area contributed by atoms with Crippen LogP contribution in [0.4, 0.5) is 27.1 Å². The Morgan fingerprint density at radius 1 is 0.900 bits per heavy atom. The molecule has 4 aromatic carbocycles. The highest BCUT2D eigenvalue weighted by molar-refractivity contribution is 6.28. The highest BCUT2D eigenvalue weighted by atomic mass is 19.1. The van der Waals surface area contributed by atoms with Gasteiger partial charge in [0.1, 0.15) is 11.3 Å². The molecule has 9 heteroatoms. The van der Waals surface area contributed by atoms with E-state index in [0.717, 1.165) is 24.5 Å². The number of fused-ring (bicyclic) bond motifs is 2. The van der Waals surface area contributed by atoms with Crippen LogP contribution in [0, 0.1) is 5.82 Å². The summed E-state index contributed by atoms with van der Waals surface area (Å²) in [6, 6.07) is 22.2. The Kier molecular flexibility index (Phi) is 5.52. The molecule has 1 aromatic heterocycles. The molecule has 1 aliphatic carbocycles. The third-order valence-electron chi connectivity index (χ3n) is 7.60. The zero-order valence-electron chi connectivity index (χ0n) is 21.2. The van der Waals surface area contributed by atoms with E-state index in [-0.39, 0.29) is 17.2 Å². The fourth-order valence-corrected chi connectivity index (χ4v) is 5.59. The number of carbonyl (C=O) groups is 2. The summed E-state index contributed by atoms with van der Waals surface area (Å²) in [6.45, 7) is 2.82. The van der Waals surface area contributed by atoms with Crippen LogP contribution >= 0.6 is 0 Å². The monoisotopic (exact) mass is 534 g/mol. The number of carboxylic acids is 1. The van der Waals surface area contributed by atoms with Crippen LogP contribution in [-0.4, -0.2) is 48.2 Å². The molecule has 40 heavy (non-hydrogen) atoms. The Labute approximate surface area is 228 Å². The molecule has 0 saturated carbocycles. The van der Waals surface area contributed by atoms with Gasteiger partial charge in [0.25, 0.3) is 0 Å². The van der Waals surface area contributed by atoms with Crippen molar-refractivity contribution in [3.63, 3.8) is 0 Å². The molecule has 0 unspecified atom stereocenters. The fraction of sp³-hybridized carbons (Fsp3) is 0.129. The molecule has 0 spiro atoms. The normalized spacial score (nSPS) is 14.4. The molecule has 1 aliphatic heterocycles. The molecule has 1 saturated heterocycles.